The standard InChI is InChI=1S/C20H16ClNO2S2/c21-17-2-1-3-19(12-17)26(23,24)18-6-4-15(5-7-18)13-22-10-8-16-9-11-25-20(16)14-22/h1-12H,13-14H2. The minimum absolute atomic E-state index is 0.210. The maximum absolute atomic E-state index is 12.7. The Hall–Kier alpha value is -2.08. The van der Waals surface area contributed by atoms with Gasteiger partial charge in [-0.2, -0.15) is 0 Å². The highest BCUT2D eigenvalue weighted by molar-refractivity contribution is 7.91. The Balaban J connectivity index is 1.52. The van der Waals surface area contributed by atoms with E-state index < -0.39 is 9.84 Å². The Labute approximate surface area is 162 Å². The van der Waals surface area contributed by atoms with Gasteiger partial charge in [0.05, 0.1) is 16.3 Å². The molecule has 4 rings (SSSR count). The fourth-order valence-corrected chi connectivity index (χ4v) is 5.39. The van der Waals surface area contributed by atoms with Crippen LogP contribution in [0.1, 0.15) is 16.0 Å². The SMILES string of the molecule is O=S(=O)(c1ccc(CN2C=Cc3ccsc3C2)cc1)c1cccc(Cl)c1. The number of nitrogens with zero attached hydrogens (tertiary/aromatic N) is 1. The van der Waals surface area contributed by atoms with E-state index in [9.17, 15) is 8.42 Å². The first-order valence-corrected chi connectivity index (χ1v) is 10.8. The smallest absolute Gasteiger partial charge is 0.206 e. The quantitative estimate of drug-likeness (QED) is 0.601. The van der Waals surface area contributed by atoms with Crippen LogP contribution in [0.25, 0.3) is 6.08 Å². The predicted molar refractivity (Wildman–Crippen MR) is 106 cm³/mol. The number of benzene rings is 2. The van der Waals surface area contributed by atoms with Crippen LogP contribution in [0.3, 0.4) is 0 Å². The van der Waals surface area contributed by atoms with Gasteiger partial charge in [-0.3, -0.25) is 0 Å². The van der Waals surface area contributed by atoms with Crippen LogP contribution in [0.15, 0.2) is 76.0 Å². The van der Waals surface area contributed by atoms with Crippen LogP contribution in [-0.2, 0) is 22.9 Å². The second-order valence-electron chi connectivity index (χ2n) is 6.12. The van der Waals surface area contributed by atoms with Crippen LogP contribution in [-0.4, -0.2) is 13.3 Å². The number of sulfone groups is 1. The van der Waals surface area contributed by atoms with Gasteiger partial charge in [-0.05, 0) is 59.0 Å². The van der Waals surface area contributed by atoms with E-state index in [2.05, 4.69) is 28.6 Å². The fourth-order valence-electron chi connectivity index (χ4n) is 2.94. The van der Waals surface area contributed by atoms with E-state index in [1.807, 2.05) is 12.1 Å². The van der Waals surface area contributed by atoms with Crippen LogP contribution >= 0.6 is 22.9 Å². The molecule has 26 heavy (non-hydrogen) atoms. The molecule has 0 saturated carbocycles. The fraction of sp³-hybridized carbons (Fsp3) is 0.100. The molecule has 0 unspecified atom stereocenters. The molecular formula is C20H16ClNO2S2. The summed E-state index contributed by atoms with van der Waals surface area (Å²) in [5.74, 6) is 0. The molecule has 0 bridgehead atoms. The Morgan fingerprint density at radius 3 is 2.62 bits per heavy atom. The summed E-state index contributed by atoms with van der Waals surface area (Å²) in [5.41, 5.74) is 2.36. The monoisotopic (exact) mass is 401 g/mol. The third-order valence-electron chi connectivity index (χ3n) is 4.32. The van der Waals surface area contributed by atoms with E-state index in [0.29, 0.717) is 5.02 Å². The van der Waals surface area contributed by atoms with Gasteiger partial charge in [-0.1, -0.05) is 29.8 Å². The molecule has 132 valence electrons. The molecule has 6 heteroatoms. The van der Waals surface area contributed by atoms with Gasteiger partial charge in [0.25, 0.3) is 0 Å². The molecule has 2 heterocycles. The summed E-state index contributed by atoms with van der Waals surface area (Å²) in [6.45, 7) is 1.62. The van der Waals surface area contributed by atoms with Crippen molar-refractivity contribution < 1.29 is 8.42 Å². The number of rotatable bonds is 4. The van der Waals surface area contributed by atoms with Gasteiger partial charge in [0.15, 0.2) is 0 Å². The maximum atomic E-state index is 12.7. The van der Waals surface area contributed by atoms with Crippen molar-refractivity contribution >= 4 is 38.9 Å². The van der Waals surface area contributed by atoms with Crippen LogP contribution < -0.4 is 0 Å². The number of halogens is 1. The molecule has 3 aromatic rings. The summed E-state index contributed by atoms with van der Waals surface area (Å²) in [6.07, 6.45) is 4.21. The first kappa shape index (κ1) is 17.3. The lowest BCUT2D eigenvalue weighted by atomic mass is 10.1. The summed E-state index contributed by atoms with van der Waals surface area (Å²) in [7, 11) is -3.55. The lowest BCUT2D eigenvalue weighted by Crippen LogP contribution is -2.18. The summed E-state index contributed by atoms with van der Waals surface area (Å²) in [5, 5.41) is 2.51. The van der Waals surface area contributed by atoms with Gasteiger partial charge >= 0.3 is 0 Å². The first-order chi connectivity index (χ1) is 12.5. The molecule has 0 spiro atoms. The normalized spacial score (nSPS) is 13.7. The van der Waals surface area contributed by atoms with Crippen LogP contribution in [0.4, 0.5) is 0 Å². The molecule has 0 saturated heterocycles. The molecule has 1 aromatic heterocycles. The molecule has 0 N–H and O–H groups in total. The van der Waals surface area contributed by atoms with E-state index in [4.69, 9.17) is 11.6 Å². The van der Waals surface area contributed by atoms with Crippen molar-refractivity contribution in [1.82, 2.24) is 4.90 Å². The average molecular weight is 402 g/mol. The van der Waals surface area contributed by atoms with Crippen molar-refractivity contribution in [3.05, 3.63) is 87.2 Å². The van der Waals surface area contributed by atoms with Crippen molar-refractivity contribution in [2.24, 2.45) is 0 Å². The molecule has 0 aliphatic carbocycles. The highest BCUT2D eigenvalue weighted by Gasteiger charge is 2.18. The number of thiophene rings is 1. The molecule has 0 fully saturated rings. The van der Waals surface area contributed by atoms with Gasteiger partial charge in [0.2, 0.25) is 9.84 Å². The summed E-state index contributed by atoms with van der Waals surface area (Å²) >= 11 is 7.69. The van der Waals surface area contributed by atoms with E-state index in [1.54, 1.807) is 41.7 Å². The number of fused-ring (bicyclic) bond motifs is 1. The average Bonchev–Trinajstić information content (AvgIpc) is 3.10. The zero-order chi connectivity index (χ0) is 18.1. The summed E-state index contributed by atoms with van der Waals surface area (Å²) < 4.78 is 25.4. The second kappa shape index (κ2) is 6.91. The van der Waals surface area contributed by atoms with Crippen LogP contribution in [0, 0.1) is 0 Å². The van der Waals surface area contributed by atoms with Gasteiger partial charge in [0, 0.05) is 22.6 Å². The van der Waals surface area contributed by atoms with Gasteiger partial charge < -0.3 is 4.90 Å². The van der Waals surface area contributed by atoms with Crippen molar-refractivity contribution in [2.45, 2.75) is 22.9 Å². The largest absolute Gasteiger partial charge is 0.368 e. The third kappa shape index (κ3) is 3.43. The van der Waals surface area contributed by atoms with E-state index in [0.717, 1.165) is 18.7 Å². The highest BCUT2D eigenvalue weighted by Crippen LogP contribution is 2.27. The van der Waals surface area contributed by atoms with E-state index in [1.165, 1.54) is 16.5 Å². The van der Waals surface area contributed by atoms with Crippen molar-refractivity contribution in [1.29, 1.82) is 0 Å². The lowest BCUT2D eigenvalue weighted by molar-refractivity contribution is 0.363. The van der Waals surface area contributed by atoms with E-state index in [-0.39, 0.29) is 9.79 Å². The molecule has 1 aliphatic rings. The zero-order valence-electron chi connectivity index (χ0n) is 13.8. The Morgan fingerprint density at radius 2 is 1.85 bits per heavy atom. The molecule has 0 atom stereocenters. The zero-order valence-corrected chi connectivity index (χ0v) is 16.2. The maximum Gasteiger partial charge on any atom is 0.206 e. The topological polar surface area (TPSA) is 37.4 Å². The lowest BCUT2D eigenvalue weighted by Gasteiger charge is -2.23. The molecule has 0 radical (unpaired) electrons. The molecule has 2 aromatic carbocycles. The Kier molecular flexibility index (Phi) is 4.61. The van der Waals surface area contributed by atoms with Crippen molar-refractivity contribution in [2.75, 3.05) is 0 Å². The van der Waals surface area contributed by atoms with Crippen molar-refractivity contribution in [3.63, 3.8) is 0 Å². The van der Waals surface area contributed by atoms with Gasteiger partial charge in [-0.15, -0.1) is 11.3 Å². The molecule has 3 nitrogen and oxygen atoms in total. The van der Waals surface area contributed by atoms with Crippen LogP contribution in [0.5, 0.6) is 0 Å². The number of hydrogen-bond acceptors (Lipinski definition) is 4. The highest BCUT2D eigenvalue weighted by atomic mass is 35.5. The predicted octanol–water partition coefficient (Wildman–Crippen LogP) is 5.22. The minimum atomic E-state index is -3.55. The van der Waals surface area contributed by atoms with Gasteiger partial charge in [0.1, 0.15) is 0 Å². The molecule has 1 aliphatic heterocycles. The Morgan fingerprint density at radius 1 is 1.04 bits per heavy atom. The number of hydrogen-bond donors (Lipinski definition) is 0. The first-order valence-electron chi connectivity index (χ1n) is 8.10. The minimum Gasteiger partial charge on any atom is -0.368 e. The Bertz CT molecular complexity index is 1070. The summed E-state index contributed by atoms with van der Waals surface area (Å²) in [4.78, 5) is 4.06. The third-order valence-corrected chi connectivity index (χ3v) is 7.24. The molecule has 0 amide bonds. The van der Waals surface area contributed by atoms with Gasteiger partial charge in [-0.25, -0.2) is 8.42 Å². The second-order valence-corrected chi connectivity index (χ2v) is 9.51. The van der Waals surface area contributed by atoms with Crippen molar-refractivity contribution in [3.8, 4) is 0 Å². The van der Waals surface area contributed by atoms with Crippen LogP contribution in [0.2, 0.25) is 5.02 Å². The summed E-state index contributed by atoms with van der Waals surface area (Å²) in [6, 6.07) is 15.5. The molecular weight excluding hydrogens is 386 g/mol. The van der Waals surface area contributed by atoms with E-state index >= 15 is 0 Å².